The minimum Gasteiger partial charge on any atom is -0.426 e. The van der Waals surface area contributed by atoms with Crippen molar-refractivity contribution in [3.63, 3.8) is 0 Å². The summed E-state index contributed by atoms with van der Waals surface area (Å²) in [6.45, 7) is 3.35. The molecule has 0 aliphatic rings. The molecule has 0 saturated heterocycles. The number of rotatable bonds is 2. The van der Waals surface area contributed by atoms with Crippen molar-refractivity contribution in [1.29, 1.82) is 0 Å². The van der Waals surface area contributed by atoms with Gasteiger partial charge in [-0.15, -0.1) is 11.3 Å². The molecule has 0 N–H and O–H groups in total. The van der Waals surface area contributed by atoms with Crippen molar-refractivity contribution in [1.82, 2.24) is 0 Å². The molecule has 82 valence electrons. The summed E-state index contributed by atoms with van der Waals surface area (Å²) >= 11 is 1.70. The lowest BCUT2D eigenvalue weighted by Gasteiger charge is -2.06. The Hall–Kier alpha value is -1.61. The van der Waals surface area contributed by atoms with Gasteiger partial charge >= 0.3 is 5.97 Å². The second-order valence-corrected chi connectivity index (χ2v) is 4.50. The van der Waals surface area contributed by atoms with E-state index < -0.39 is 0 Å². The molecule has 0 fully saturated rings. The molecule has 1 heterocycles. The van der Waals surface area contributed by atoms with E-state index in [0.29, 0.717) is 5.75 Å². The summed E-state index contributed by atoms with van der Waals surface area (Å²) in [5.74, 6) is 0.347. The summed E-state index contributed by atoms with van der Waals surface area (Å²) in [6.07, 6.45) is 0. The van der Waals surface area contributed by atoms with Crippen molar-refractivity contribution in [3.05, 3.63) is 41.3 Å². The van der Waals surface area contributed by atoms with E-state index in [2.05, 4.69) is 6.07 Å². The van der Waals surface area contributed by atoms with Gasteiger partial charge in [-0.3, -0.25) is 4.79 Å². The number of aryl methyl sites for hydroxylation is 1. The highest BCUT2D eigenvalue weighted by atomic mass is 32.1. The van der Waals surface area contributed by atoms with Crippen molar-refractivity contribution in [3.8, 4) is 16.2 Å². The molecule has 0 saturated carbocycles. The molecule has 2 rings (SSSR count). The molecule has 0 radical (unpaired) electrons. The molecule has 3 heteroatoms. The Morgan fingerprint density at radius 1 is 1.31 bits per heavy atom. The molecular weight excluding hydrogens is 220 g/mol. The predicted octanol–water partition coefficient (Wildman–Crippen LogP) is 3.65. The van der Waals surface area contributed by atoms with Crippen molar-refractivity contribution in [2.75, 3.05) is 0 Å². The van der Waals surface area contributed by atoms with E-state index in [1.54, 1.807) is 11.3 Å². The highest BCUT2D eigenvalue weighted by molar-refractivity contribution is 7.13. The van der Waals surface area contributed by atoms with E-state index in [-0.39, 0.29) is 5.97 Å². The summed E-state index contributed by atoms with van der Waals surface area (Å²) in [5, 5.41) is 2.05. The van der Waals surface area contributed by atoms with Gasteiger partial charge in [-0.2, -0.15) is 0 Å². The number of benzene rings is 1. The minimum atomic E-state index is -0.285. The number of hydrogen-bond acceptors (Lipinski definition) is 3. The first kappa shape index (κ1) is 10.9. The first-order valence-electron chi connectivity index (χ1n) is 5.00. The van der Waals surface area contributed by atoms with Crippen LogP contribution in [-0.2, 0) is 4.79 Å². The van der Waals surface area contributed by atoms with Crippen LogP contribution in [0.3, 0.4) is 0 Å². The quantitative estimate of drug-likeness (QED) is 0.583. The van der Waals surface area contributed by atoms with Crippen LogP contribution in [0.4, 0.5) is 0 Å². The maximum Gasteiger partial charge on any atom is 0.308 e. The summed E-state index contributed by atoms with van der Waals surface area (Å²) in [7, 11) is 0. The van der Waals surface area contributed by atoms with E-state index in [0.717, 1.165) is 11.1 Å². The van der Waals surface area contributed by atoms with Crippen LogP contribution in [0.25, 0.3) is 10.4 Å². The van der Waals surface area contributed by atoms with E-state index in [9.17, 15) is 4.79 Å². The van der Waals surface area contributed by atoms with Crippen LogP contribution in [-0.4, -0.2) is 5.97 Å². The fourth-order valence-electron chi connectivity index (χ4n) is 1.51. The maximum atomic E-state index is 10.9. The molecule has 2 nitrogen and oxygen atoms in total. The number of carbonyl (C=O) groups excluding carboxylic acids is 1. The van der Waals surface area contributed by atoms with Gasteiger partial charge in [0.05, 0.1) is 0 Å². The predicted molar refractivity (Wildman–Crippen MR) is 65.8 cm³/mol. The van der Waals surface area contributed by atoms with E-state index >= 15 is 0 Å². The smallest absolute Gasteiger partial charge is 0.308 e. The number of carbonyl (C=O) groups is 1. The van der Waals surface area contributed by atoms with Crippen molar-refractivity contribution in [2.24, 2.45) is 0 Å². The van der Waals surface area contributed by atoms with Crippen molar-refractivity contribution in [2.45, 2.75) is 13.8 Å². The van der Waals surface area contributed by atoms with Crippen LogP contribution < -0.4 is 4.74 Å². The summed E-state index contributed by atoms with van der Waals surface area (Å²) in [6, 6.07) is 9.94. The van der Waals surface area contributed by atoms with Gasteiger partial charge in [-0.25, -0.2) is 0 Å². The monoisotopic (exact) mass is 232 g/mol. The van der Waals surface area contributed by atoms with Crippen LogP contribution in [0.2, 0.25) is 0 Å². The molecule has 0 aliphatic heterocycles. The summed E-state index contributed by atoms with van der Waals surface area (Å²) < 4.78 is 5.08. The second-order valence-electron chi connectivity index (χ2n) is 3.55. The highest BCUT2D eigenvalue weighted by Gasteiger charge is 2.05. The van der Waals surface area contributed by atoms with Gasteiger partial charge in [-0.1, -0.05) is 6.07 Å². The Labute approximate surface area is 98.5 Å². The first-order chi connectivity index (χ1) is 7.66. The van der Waals surface area contributed by atoms with Crippen LogP contribution in [0.1, 0.15) is 12.5 Å². The fourth-order valence-corrected chi connectivity index (χ4v) is 2.24. The molecular formula is C13H12O2S. The van der Waals surface area contributed by atoms with E-state index in [1.165, 1.54) is 11.8 Å². The summed E-state index contributed by atoms with van der Waals surface area (Å²) in [5.41, 5.74) is 2.13. The SMILES string of the molecule is CC(=O)Oc1ccc(-c2cccs2)cc1C. The normalized spacial score (nSPS) is 10.1. The standard InChI is InChI=1S/C13H12O2S/c1-9-8-11(13-4-3-7-16-13)5-6-12(9)15-10(2)14/h3-8H,1-2H3. The molecule has 0 unspecified atom stereocenters. The highest BCUT2D eigenvalue weighted by Crippen LogP contribution is 2.29. The number of esters is 1. The molecule has 16 heavy (non-hydrogen) atoms. The Bertz CT molecular complexity index is 501. The average molecular weight is 232 g/mol. The Kier molecular flexibility index (Phi) is 3.06. The first-order valence-corrected chi connectivity index (χ1v) is 5.88. The van der Waals surface area contributed by atoms with Gasteiger partial charge in [0, 0.05) is 11.8 Å². The third-order valence-corrected chi connectivity index (χ3v) is 3.15. The molecule has 0 spiro atoms. The molecule has 1 aromatic carbocycles. The van der Waals surface area contributed by atoms with E-state index in [1.807, 2.05) is 36.6 Å². The Morgan fingerprint density at radius 2 is 2.12 bits per heavy atom. The maximum absolute atomic E-state index is 10.9. The van der Waals surface area contributed by atoms with Gasteiger partial charge in [-0.05, 0) is 47.7 Å². The molecule has 2 aromatic rings. The zero-order chi connectivity index (χ0) is 11.5. The Morgan fingerprint density at radius 3 is 2.69 bits per heavy atom. The zero-order valence-electron chi connectivity index (χ0n) is 9.19. The molecule has 0 amide bonds. The topological polar surface area (TPSA) is 26.3 Å². The van der Waals surface area contributed by atoms with Crippen LogP contribution in [0, 0.1) is 6.92 Å². The minimum absolute atomic E-state index is 0.285. The largest absolute Gasteiger partial charge is 0.426 e. The van der Waals surface area contributed by atoms with Crippen LogP contribution in [0.5, 0.6) is 5.75 Å². The number of ether oxygens (including phenoxy) is 1. The third kappa shape index (κ3) is 2.31. The van der Waals surface area contributed by atoms with Gasteiger partial charge in [0.2, 0.25) is 0 Å². The van der Waals surface area contributed by atoms with Crippen LogP contribution in [0.15, 0.2) is 35.7 Å². The molecule has 0 bridgehead atoms. The molecule has 1 aromatic heterocycles. The van der Waals surface area contributed by atoms with Gasteiger partial charge in [0.1, 0.15) is 5.75 Å². The lowest BCUT2D eigenvalue weighted by atomic mass is 10.1. The van der Waals surface area contributed by atoms with Gasteiger partial charge < -0.3 is 4.74 Å². The van der Waals surface area contributed by atoms with Gasteiger partial charge in [0.25, 0.3) is 0 Å². The summed E-state index contributed by atoms with van der Waals surface area (Å²) in [4.78, 5) is 12.1. The zero-order valence-corrected chi connectivity index (χ0v) is 10.0. The Balaban J connectivity index is 2.33. The molecule has 0 atom stereocenters. The van der Waals surface area contributed by atoms with Crippen molar-refractivity contribution < 1.29 is 9.53 Å². The van der Waals surface area contributed by atoms with Gasteiger partial charge in [0.15, 0.2) is 0 Å². The van der Waals surface area contributed by atoms with Crippen LogP contribution >= 0.6 is 11.3 Å². The average Bonchev–Trinajstić information content (AvgIpc) is 2.73. The van der Waals surface area contributed by atoms with Crippen molar-refractivity contribution >= 4 is 17.3 Å². The fraction of sp³-hybridized carbons (Fsp3) is 0.154. The number of thiophene rings is 1. The third-order valence-electron chi connectivity index (χ3n) is 2.23. The van der Waals surface area contributed by atoms with E-state index in [4.69, 9.17) is 4.74 Å². The molecule has 0 aliphatic carbocycles. The lowest BCUT2D eigenvalue weighted by Crippen LogP contribution is -2.02. The number of hydrogen-bond donors (Lipinski definition) is 0. The second kappa shape index (κ2) is 4.49. The lowest BCUT2D eigenvalue weighted by molar-refractivity contribution is -0.131.